The Morgan fingerprint density at radius 3 is 2.62 bits per heavy atom. The third kappa shape index (κ3) is 2.01. The van der Waals surface area contributed by atoms with E-state index in [1.165, 1.54) is 0 Å². The van der Waals surface area contributed by atoms with E-state index < -0.39 is 0 Å². The number of aromatic amines is 1. The molecule has 2 aromatic rings. The van der Waals surface area contributed by atoms with Crippen LogP contribution < -0.4 is 5.56 Å². The molecule has 1 aromatic carbocycles. The molecule has 0 spiro atoms. The third-order valence-corrected chi connectivity index (χ3v) is 2.38. The average molecular weight is 216 g/mol. The number of H-pyrrole nitrogens is 1. The Kier molecular flexibility index (Phi) is 3.12. The molecule has 1 atom stereocenters. The predicted octanol–water partition coefficient (Wildman–Crippen LogP) is 1.51. The molecule has 0 aliphatic rings. The van der Waals surface area contributed by atoms with Crippen LogP contribution in [0, 0.1) is 0 Å². The summed E-state index contributed by atoms with van der Waals surface area (Å²) in [6.07, 6.45) is 1.19. The smallest absolute Gasteiger partial charge is 0.270 e. The van der Waals surface area contributed by atoms with Gasteiger partial charge in [0.1, 0.15) is 6.10 Å². The number of hydrogen-bond acceptors (Lipinski definition) is 3. The Hall–Kier alpha value is -1.94. The fourth-order valence-electron chi connectivity index (χ4n) is 1.63. The largest absolute Gasteiger partial charge is 0.372 e. The first-order chi connectivity index (χ1) is 7.83. The minimum atomic E-state index is -0.354. The van der Waals surface area contributed by atoms with Gasteiger partial charge in [-0.15, -0.1) is 0 Å². The van der Waals surface area contributed by atoms with Crippen LogP contribution in [0.3, 0.4) is 0 Å². The number of hydrogen-bond donors (Lipinski definition) is 1. The fraction of sp³-hybridized carbons (Fsp3) is 0.167. The number of methoxy groups -OCH3 is 1. The Morgan fingerprint density at radius 1 is 1.25 bits per heavy atom. The highest BCUT2D eigenvalue weighted by Crippen LogP contribution is 2.21. The van der Waals surface area contributed by atoms with Gasteiger partial charge in [0.25, 0.3) is 5.56 Å². The molecule has 1 unspecified atom stereocenters. The van der Waals surface area contributed by atoms with Gasteiger partial charge in [0, 0.05) is 13.3 Å². The molecule has 2 rings (SSSR count). The first-order valence-electron chi connectivity index (χ1n) is 4.94. The number of rotatable bonds is 3. The molecule has 0 bridgehead atoms. The van der Waals surface area contributed by atoms with Crippen LogP contribution in [-0.4, -0.2) is 17.3 Å². The maximum absolute atomic E-state index is 11.6. The van der Waals surface area contributed by atoms with E-state index in [4.69, 9.17) is 4.74 Å². The number of aromatic nitrogens is 2. The summed E-state index contributed by atoms with van der Waals surface area (Å²) in [4.78, 5) is 11.6. The molecule has 4 heteroatoms. The maximum Gasteiger partial charge on any atom is 0.270 e. The summed E-state index contributed by atoms with van der Waals surface area (Å²) in [7, 11) is 1.58. The van der Waals surface area contributed by atoms with Gasteiger partial charge in [-0.05, 0) is 11.6 Å². The molecule has 4 nitrogen and oxygen atoms in total. The van der Waals surface area contributed by atoms with E-state index in [9.17, 15) is 4.79 Å². The average Bonchev–Trinajstić information content (AvgIpc) is 2.34. The van der Waals surface area contributed by atoms with Gasteiger partial charge in [-0.1, -0.05) is 30.3 Å². The number of benzene rings is 1. The minimum Gasteiger partial charge on any atom is -0.372 e. The Balaban J connectivity index is 2.45. The van der Waals surface area contributed by atoms with E-state index in [0.717, 1.165) is 5.56 Å². The summed E-state index contributed by atoms with van der Waals surface area (Å²) in [5.41, 5.74) is 1.28. The molecule has 0 fully saturated rings. The summed E-state index contributed by atoms with van der Waals surface area (Å²) in [5, 5.41) is 6.06. The molecule has 1 heterocycles. The third-order valence-electron chi connectivity index (χ3n) is 2.38. The monoisotopic (exact) mass is 216 g/mol. The lowest BCUT2D eigenvalue weighted by atomic mass is 10.0. The van der Waals surface area contributed by atoms with Crippen LogP contribution in [0.1, 0.15) is 17.2 Å². The second-order valence-electron chi connectivity index (χ2n) is 3.37. The number of nitrogens with zero attached hydrogens (tertiary/aromatic N) is 1. The van der Waals surface area contributed by atoms with Crippen molar-refractivity contribution in [1.82, 2.24) is 10.2 Å². The predicted molar refractivity (Wildman–Crippen MR) is 60.2 cm³/mol. The molecule has 82 valence electrons. The molecule has 0 amide bonds. The topological polar surface area (TPSA) is 55.0 Å². The molecule has 0 saturated carbocycles. The highest BCUT2D eigenvalue weighted by atomic mass is 16.5. The molecule has 0 radical (unpaired) electrons. The van der Waals surface area contributed by atoms with E-state index in [2.05, 4.69) is 10.2 Å². The standard InChI is InChI=1S/C12H12N2O2/c1-16-11(9-5-3-2-4-6-9)10-7-8-13-14-12(10)15/h2-8,11H,1H3,(H,14,15). The summed E-state index contributed by atoms with van der Waals surface area (Å²) in [5.74, 6) is 0. The van der Waals surface area contributed by atoms with Crippen molar-refractivity contribution in [3.63, 3.8) is 0 Å². The van der Waals surface area contributed by atoms with Crippen molar-refractivity contribution in [2.75, 3.05) is 7.11 Å². The second-order valence-corrected chi connectivity index (χ2v) is 3.37. The van der Waals surface area contributed by atoms with E-state index >= 15 is 0 Å². The second kappa shape index (κ2) is 4.72. The highest BCUT2D eigenvalue weighted by Gasteiger charge is 2.15. The van der Waals surface area contributed by atoms with Crippen molar-refractivity contribution < 1.29 is 4.74 Å². The van der Waals surface area contributed by atoms with E-state index in [1.54, 1.807) is 19.4 Å². The molecule has 0 aliphatic carbocycles. The molecule has 0 aliphatic heterocycles. The van der Waals surface area contributed by atoms with Crippen LogP contribution in [0.25, 0.3) is 0 Å². The fourth-order valence-corrected chi connectivity index (χ4v) is 1.63. The van der Waals surface area contributed by atoms with Crippen molar-refractivity contribution in [3.8, 4) is 0 Å². The summed E-state index contributed by atoms with van der Waals surface area (Å²) in [6, 6.07) is 11.3. The van der Waals surface area contributed by atoms with Gasteiger partial charge in [0.15, 0.2) is 0 Å². The minimum absolute atomic E-state index is 0.224. The Bertz CT molecular complexity index is 508. The van der Waals surface area contributed by atoms with Crippen LogP contribution in [0.5, 0.6) is 0 Å². The summed E-state index contributed by atoms with van der Waals surface area (Å²) < 4.78 is 5.36. The Morgan fingerprint density at radius 2 is 2.00 bits per heavy atom. The molecule has 1 N–H and O–H groups in total. The van der Waals surface area contributed by atoms with Crippen molar-refractivity contribution >= 4 is 0 Å². The van der Waals surface area contributed by atoms with Crippen molar-refractivity contribution in [2.24, 2.45) is 0 Å². The normalized spacial score (nSPS) is 12.3. The van der Waals surface area contributed by atoms with Crippen LogP contribution >= 0.6 is 0 Å². The molecule has 1 aromatic heterocycles. The van der Waals surface area contributed by atoms with Crippen LogP contribution in [-0.2, 0) is 4.74 Å². The van der Waals surface area contributed by atoms with E-state index in [0.29, 0.717) is 5.56 Å². The van der Waals surface area contributed by atoms with Crippen LogP contribution in [0.4, 0.5) is 0 Å². The quantitative estimate of drug-likeness (QED) is 0.846. The first kappa shape index (κ1) is 10.6. The van der Waals surface area contributed by atoms with Gasteiger partial charge >= 0.3 is 0 Å². The Labute approximate surface area is 92.9 Å². The molecular formula is C12H12N2O2. The molecule has 0 saturated heterocycles. The SMILES string of the molecule is COC(c1ccccc1)c1ccn[nH]c1=O. The van der Waals surface area contributed by atoms with Crippen LogP contribution in [0.2, 0.25) is 0 Å². The molecular weight excluding hydrogens is 204 g/mol. The number of ether oxygens (including phenoxy) is 1. The van der Waals surface area contributed by atoms with E-state index in [-0.39, 0.29) is 11.7 Å². The maximum atomic E-state index is 11.6. The van der Waals surface area contributed by atoms with Gasteiger partial charge in [0.05, 0.1) is 5.56 Å². The lowest BCUT2D eigenvalue weighted by molar-refractivity contribution is 0.135. The first-order valence-corrected chi connectivity index (χ1v) is 4.94. The van der Waals surface area contributed by atoms with Gasteiger partial charge in [-0.2, -0.15) is 5.10 Å². The molecule has 16 heavy (non-hydrogen) atoms. The zero-order valence-corrected chi connectivity index (χ0v) is 8.88. The number of nitrogens with one attached hydrogen (secondary N) is 1. The zero-order chi connectivity index (χ0) is 11.4. The van der Waals surface area contributed by atoms with Gasteiger partial charge in [-0.25, -0.2) is 5.10 Å². The summed E-state index contributed by atoms with van der Waals surface area (Å²) >= 11 is 0. The lowest BCUT2D eigenvalue weighted by Gasteiger charge is -2.14. The summed E-state index contributed by atoms with van der Waals surface area (Å²) in [6.45, 7) is 0. The highest BCUT2D eigenvalue weighted by molar-refractivity contribution is 5.27. The van der Waals surface area contributed by atoms with E-state index in [1.807, 2.05) is 30.3 Å². The zero-order valence-electron chi connectivity index (χ0n) is 8.88. The van der Waals surface area contributed by atoms with Gasteiger partial charge < -0.3 is 4.74 Å². The van der Waals surface area contributed by atoms with Gasteiger partial charge in [0.2, 0.25) is 0 Å². The van der Waals surface area contributed by atoms with Gasteiger partial charge in [-0.3, -0.25) is 4.79 Å². The lowest BCUT2D eigenvalue weighted by Crippen LogP contribution is -2.18. The van der Waals surface area contributed by atoms with Crippen molar-refractivity contribution in [3.05, 3.63) is 64.1 Å². The van der Waals surface area contributed by atoms with Crippen LogP contribution in [0.15, 0.2) is 47.4 Å². The van der Waals surface area contributed by atoms with Crippen molar-refractivity contribution in [2.45, 2.75) is 6.10 Å². The van der Waals surface area contributed by atoms with Crippen molar-refractivity contribution in [1.29, 1.82) is 0 Å².